The Hall–Kier alpha value is -1.71. The molecule has 9 nitrogen and oxygen atoms in total. The summed E-state index contributed by atoms with van der Waals surface area (Å²) < 4.78 is 22.6. The number of ether oxygens (including phenoxy) is 4. The van der Waals surface area contributed by atoms with E-state index in [1.807, 2.05) is 21.1 Å². The number of carbonyl (C=O) groups is 3. The highest BCUT2D eigenvalue weighted by atomic mass is 16.7. The Balaban J connectivity index is 4.35. The van der Waals surface area contributed by atoms with Crippen molar-refractivity contribution in [3.63, 3.8) is 0 Å². The maximum absolute atomic E-state index is 12.7. The van der Waals surface area contributed by atoms with Gasteiger partial charge in [-0.3, -0.25) is 9.59 Å². The lowest BCUT2D eigenvalue weighted by molar-refractivity contribution is -0.870. The number of rotatable bonds is 39. The average molecular weight is 729 g/mol. The quantitative estimate of drug-likeness (QED) is 0.0288. The molecule has 0 spiro atoms. The fourth-order valence-electron chi connectivity index (χ4n) is 6.01. The van der Waals surface area contributed by atoms with Gasteiger partial charge in [-0.2, -0.15) is 0 Å². The van der Waals surface area contributed by atoms with E-state index in [9.17, 15) is 19.5 Å². The summed E-state index contributed by atoms with van der Waals surface area (Å²) in [5.41, 5.74) is 0. The first-order valence-corrected chi connectivity index (χ1v) is 21.2. The molecular weight excluding hydrogens is 646 g/mol. The minimum absolute atomic E-state index is 0.175. The van der Waals surface area contributed by atoms with Gasteiger partial charge in [0, 0.05) is 12.8 Å². The summed E-state index contributed by atoms with van der Waals surface area (Å²) in [5, 5.41) is 9.59. The van der Waals surface area contributed by atoms with Crippen LogP contribution in [-0.2, 0) is 33.3 Å². The number of carbonyl (C=O) groups excluding carboxylic acids is 2. The number of carboxylic acid groups (broad SMARTS) is 1. The minimum atomic E-state index is -1.50. The van der Waals surface area contributed by atoms with Crippen molar-refractivity contribution in [1.29, 1.82) is 0 Å². The maximum Gasteiger partial charge on any atom is 0.361 e. The van der Waals surface area contributed by atoms with Crippen molar-refractivity contribution in [3.8, 4) is 0 Å². The molecule has 51 heavy (non-hydrogen) atoms. The predicted molar refractivity (Wildman–Crippen MR) is 208 cm³/mol. The summed E-state index contributed by atoms with van der Waals surface area (Å²) in [5.74, 6) is -2.00. The zero-order chi connectivity index (χ0) is 37.8. The normalized spacial score (nSPS) is 12.9. The fourth-order valence-corrected chi connectivity index (χ4v) is 6.01. The zero-order valence-electron chi connectivity index (χ0n) is 34.0. The second-order valence-electron chi connectivity index (χ2n) is 15.7. The van der Waals surface area contributed by atoms with Gasteiger partial charge >= 0.3 is 17.9 Å². The largest absolute Gasteiger partial charge is 0.477 e. The highest BCUT2D eigenvalue weighted by Gasteiger charge is 2.25. The summed E-state index contributed by atoms with van der Waals surface area (Å²) in [4.78, 5) is 36.9. The molecule has 0 saturated carbocycles. The van der Waals surface area contributed by atoms with E-state index in [1.54, 1.807) is 0 Å². The van der Waals surface area contributed by atoms with E-state index in [0.29, 0.717) is 17.4 Å². The molecule has 0 rings (SSSR count). The lowest BCUT2D eigenvalue weighted by Crippen LogP contribution is -2.40. The van der Waals surface area contributed by atoms with Crippen LogP contribution in [0.25, 0.3) is 0 Å². The van der Waals surface area contributed by atoms with Gasteiger partial charge in [0.25, 0.3) is 6.29 Å². The Morgan fingerprint density at radius 1 is 0.510 bits per heavy atom. The molecule has 0 aromatic heterocycles. The highest BCUT2D eigenvalue weighted by molar-refractivity contribution is 5.71. The van der Waals surface area contributed by atoms with Crippen LogP contribution in [0.2, 0.25) is 0 Å². The summed E-state index contributed by atoms with van der Waals surface area (Å²) in [7, 11) is 5.95. The van der Waals surface area contributed by atoms with Crippen LogP contribution in [0, 0.1) is 0 Å². The third kappa shape index (κ3) is 36.4. The van der Waals surface area contributed by atoms with Gasteiger partial charge in [-0.15, -0.1) is 0 Å². The summed E-state index contributed by atoms with van der Waals surface area (Å²) in [6.45, 7) is 4.86. The Kier molecular flexibility index (Phi) is 34.1. The first-order valence-electron chi connectivity index (χ1n) is 21.2. The molecule has 9 heteroatoms. The van der Waals surface area contributed by atoms with Crippen molar-refractivity contribution in [2.75, 3.05) is 47.5 Å². The molecule has 0 aliphatic rings. The number of carboxylic acids is 1. The van der Waals surface area contributed by atoms with Gasteiger partial charge in [-0.05, 0) is 12.8 Å². The van der Waals surface area contributed by atoms with E-state index in [-0.39, 0.29) is 32.2 Å². The SMILES string of the molecule is CCCCCCCCCCCCCCCCCCCCC(=O)OC(COC(=O)CCCCCCCCCC)COC(OCC[N+](C)(C)C)C(=O)O. The lowest BCUT2D eigenvalue weighted by atomic mass is 10.0. The number of hydrogen-bond acceptors (Lipinski definition) is 7. The Bertz CT molecular complexity index is 815. The number of quaternary nitrogens is 1. The van der Waals surface area contributed by atoms with Crippen LogP contribution in [0.1, 0.15) is 194 Å². The van der Waals surface area contributed by atoms with Gasteiger partial charge in [0.1, 0.15) is 13.2 Å². The van der Waals surface area contributed by atoms with Gasteiger partial charge in [-0.1, -0.05) is 168 Å². The van der Waals surface area contributed by atoms with Crippen molar-refractivity contribution >= 4 is 17.9 Å². The van der Waals surface area contributed by atoms with Gasteiger partial charge in [0.05, 0.1) is 34.4 Å². The van der Waals surface area contributed by atoms with Gasteiger partial charge < -0.3 is 28.5 Å². The van der Waals surface area contributed by atoms with Gasteiger partial charge in [0.15, 0.2) is 6.10 Å². The van der Waals surface area contributed by atoms with Crippen molar-refractivity contribution in [3.05, 3.63) is 0 Å². The molecular formula is C42H82NO8+. The Morgan fingerprint density at radius 3 is 1.25 bits per heavy atom. The molecule has 0 aromatic carbocycles. The third-order valence-corrected chi connectivity index (χ3v) is 9.36. The third-order valence-electron chi connectivity index (χ3n) is 9.36. The Labute approximate surface area is 313 Å². The lowest BCUT2D eigenvalue weighted by Gasteiger charge is -2.25. The number of likely N-dealkylation sites (N-methyl/N-ethyl adjacent to an activating group) is 1. The van der Waals surface area contributed by atoms with Crippen molar-refractivity contribution < 1.29 is 42.9 Å². The molecule has 0 heterocycles. The summed E-state index contributed by atoms with van der Waals surface area (Å²) >= 11 is 0. The monoisotopic (exact) mass is 729 g/mol. The Morgan fingerprint density at radius 2 is 0.882 bits per heavy atom. The first kappa shape index (κ1) is 49.3. The molecule has 0 saturated heterocycles. The molecule has 2 unspecified atom stereocenters. The van der Waals surface area contributed by atoms with Crippen LogP contribution in [0.15, 0.2) is 0 Å². The molecule has 0 bridgehead atoms. The fraction of sp³-hybridized carbons (Fsp3) is 0.929. The van der Waals surface area contributed by atoms with E-state index in [4.69, 9.17) is 18.9 Å². The maximum atomic E-state index is 12.7. The minimum Gasteiger partial charge on any atom is -0.477 e. The number of esters is 2. The van der Waals surface area contributed by atoms with Crippen LogP contribution < -0.4 is 0 Å². The summed E-state index contributed by atoms with van der Waals surface area (Å²) in [6.07, 6.45) is 30.3. The van der Waals surface area contributed by atoms with Crippen LogP contribution in [0.3, 0.4) is 0 Å². The van der Waals surface area contributed by atoms with E-state index >= 15 is 0 Å². The predicted octanol–water partition coefficient (Wildman–Crippen LogP) is 10.6. The van der Waals surface area contributed by atoms with E-state index in [2.05, 4.69) is 13.8 Å². The van der Waals surface area contributed by atoms with Crippen LogP contribution in [0.4, 0.5) is 0 Å². The van der Waals surface area contributed by atoms with Gasteiger partial charge in [-0.25, -0.2) is 4.79 Å². The molecule has 2 atom stereocenters. The molecule has 0 aliphatic heterocycles. The van der Waals surface area contributed by atoms with Crippen molar-refractivity contribution in [2.45, 2.75) is 206 Å². The van der Waals surface area contributed by atoms with Gasteiger partial charge in [0.2, 0.25) is 0 Å². The second-order valence-corrected chi connectivity index (χ2v) is 15.7. The smallest absolute Gasteiger partial charge is 0.361 e. The van der Waals surface area contributed by atoms with Crippen LogP contribution >= 0.6 is 0 Å². The van der Waals surface area contributed by atoms with E-state index < -0.39 is 24.3 Å². The van der Waals surface area contributed by atoms with Crippen molar-refractivity contribution in [2.24, 2.45) is 0 Å². The number of unbranched alkanes of at least 4 members (excludes halogenated alkanes) is 24. The molecule has 0 aromatic rings. The van der Waals surface area contributed by atoms with Crippen LogP contribution in [-0.4, -0.2) is 87.4 Å². The average Bonchev–Trinajstić information content (AvgIpc) is 3.08. The van der Waals surface area contributed by atoms with E-state index in [1.165, 1.54) is 128 Å². The molecule has 0 radical (unpaired) electrons. The zero-order valence-corrected chi connectivity index (χ0v) is 34.0. The number of hydrogen-bond donors (Lipinski definition) is 1. The summed E-state index contributed by atoms with van der Waals surface area (Å²) in [6, 6.07) is 0. The van der Waals surface area contributed by atoms with Crippen molar-refractivity contribution in [1.82, 2.24) is 0 Å². The number of aliphatic carboxylic acids is 1. The topological polar surface area (TPSA) is 108 Å². The van der Waals surface area contributed by atoms with Crippen LogP contribution in [0.5, 0.6) is 0 Å². The second kappa shape index (κ2) is 35.3. The first-order chi connectivity index (χ1) is 24.6. The highest BCUT2D eigenvalue weighted by Crippen LogP contribution is 2.15. The molecule has 1 N–H and O–H groups in total. The number of nitrogens with zero attached hydrogens (tertiary/aromatic N) is 1. The molecule has 0 amide bonds. The standard InChI is InChI=1S/C42H81NO8/c1-6-8-10-12-14-16-17-18-19-20-21-22-23-24-25-27-29-31-33-40(45)51-38(37-50-42(41(46)47)48-35-34-43(3,4)5)36-49-39(44)32-30-28-26-15-13-11-9-7-2/h38,42H,6-37H2,1-5H3/p+1. The molecule has 0 aliphatic carbocycles. The molecule has 0 fully saturated rings. The molecule has 302 valence electrons. The van der Waals surface area contributed by atoms with E-state index in [0.717, 1.165) is 38.5 Å².